The smallest absolute Gasteiger partial charge is 0.278 e. The van der Waals surface area contributed by atoms with Gasteiger partial charge in [-0.1, -0.05) is 0 Å². The zero-order valence-electron chi connectivity index (χ0n) is 21.7. The number of carbonyl (C=O) groups is 2. The molecule has 0 unspecified atom stereocenters. The highest BCUT2D eigenvalue weighted by molar-refractivity contribution is 6.07. The lowest BCUT2D eigenvalue weighted by Gasteiger charge is -2.13. The van der Waals surface area contributed by atoms with Crippen molar-refractivity contribution in [1.82, 2.24) is 24.3 Å². The predicted molar refractivity (Wildman–Crippen MR) is 148 cm³/mol. The summed E-state index contributed by atoms with van der Waals surface area (Å²) >= 11 is 0. The molecule has 11 nitrogen and oxygen atoms in total. The summed E-state index contributed by atoms with van der Waals surface area (Å²) in [7, 11) is 1.72. The molecule has 13 heteroatoms. The Balaban J connectivity index is 1.34. The third-order valence-corrected chi connectivity index (χ3v) is 6.10. The van der Waals surface area contributed by atoms with Crippen LogP contribution in [0, 0.1) is 18.6 Å². The maximum Gasteiger partial charge on any atom is 0.278 e. The third-order valence-electron chi connectivity index (χ3n) is 6.10. The van der Waals surface area contributed by atoms with Gasteiger partial charge < -0.3 is 16.4 Å². The minimum absolute atomic E-state index is 0.0386. The van der Waals surface area contributed by atoms with Crippen molar-refractivity contribution in [2.45, 2.75) is 6.92 Å². The normalized spacial score (nSPS) is 10.8. The molecule has 5 aromatic rings. The van der Waals surface area contributed by atoms with Crippen LogP contribution in [0.3, 0.4) is 0 Å². The average Bonchev–Trinajstić information content (AvgIpc) is 3.37. The SMILES string of the molecule is Cc1ccc(C(=O)Nc2ccc(NC(=O)c3nc(-c4cnn(C)c4)cnc3N)c(F)c2)c(=O)n1-c1ccc(F)cc1. The molecule has 2 amide bonds. The van der Waals surface area contributed by atoms with Gasteiger partial charge in [-0.15, -0.1) is 0 Å². The summed E-state index contributed by atoms with van der Waals surface area (Å²) in [6, 6.07) is 11.7. The molecule has 4 N–H and O–H groups in total. The van der Waals surface area contributed by atoms with Crippen molar-refractivity contribution < 1.29 is 18.4 Å². The van der Waals surface area contributed by atoms with Crippen LogP contribution in [0.5, 0.6) is 0 Å². The Morgan fingerprint density at radius 3 is 2.39 bits per heavy atom. The molecule has 206 valence electrons. The van der Waals surface area contributed by atoms with Gasteiger partial charge in [0.15, 0.2) is 11.5 Å². The van der Waals surface area contributed by atoms with Crippen molar-refractivity contribution in [1.29, 1.82) is 0 Å². The Kier molecular flexibility index (Phi) is 7.08. The van der Waals surface area contributed by atoms with Crippen molar-refractivity contribution >= 4 is 29.0 Å². The summed E-state index contributed by atoms with van der Waals surface area (Å²) in [6.45, 7) is 1.67. The first-order valence-corrected chi connectivity index (χ1v) is 12.1. The molecule has 0 bridgehead atoms. The van der Waals surface area contributed by atoms with Crippen LogP contribution in [0.4, 0.5) is 26.0 Å². The first-order chi connectivity index (χ1) is 19.6. The minimum Gasteiger partial charge on any atom is -0.382 e. The first kappa shape index (κ1) is 26.9. The predicted octanol–water partition coefficient (Wildman–Crippen LogP) is 3.70. The minimum atomic E-state index is -0.862. The van der Waals surface area contributed by atoms with Gasteiger partial charge in [0.05, 0.1) is 23.8 Å². The maximum atomic E-state index is 14.9. The monoisotopic (exact) mass is 556 g/mol. The number of benzene rings is 2. The van der Waals surface area contributed by atoms with E-state index in [-0.39, 0.29) is 28.5 Å². The fourth-order valence-electron chi connectivity index (χ4n) is 4.05. The molecule has 2 aromatic carbocycles. The van der Waals surface area contributed by atoms with Gasteiger partial charge in [0, 0.05) is 35.9 Å². The lowest BCUT2D eigenvalue weighted by Crippen LogP contribution is -2.29. The van der Waals surface area contributed by atoms with Crippen LogP contribution in [0.1, 0.15) is 26.5 Å². The van der Waals surface area contributed by atoms with Crippen molar-refractivity contribution in [3.05, 3.63) is 112 Å². The van der Waals surface area contributed by atoms with Crippen LogP contribution in [0.25, 0.3) is 16.9 Å². The maximum absolute atomic E-state index is 14.9. The summed E-state index contributed by atoms with van der Waals surface area (Å²) in [6.07, 6.45) is 4.62. The largest absolute Gasteiger partial charge is 0.382 e. The summed E-state index contributed by atoms with van der Waals surface area (Å²) in [5.74, 6) is -3.05. The second-order valence-electron chi connectivity index (χ2n) is 9.00. The van der Waals surface area contributed by atoms with E-state index >= 15 is 0 Å². The summed E-state index contributed by atoms with van der Waals surface area (Å²) in [4.78, 5) is 47.1. The van der Waals surface area contributed by atoms with E-state index < -0.39 is 29.0 Å². The van der Waals surface area contributed by atoms with E-state index in [0.717, 1.165) is 6.07 Å². The van der Waals surface area contributed by atoms with Crippen LogP contribution in [-0.2, 0) is 7.05 Å². The molecule has 0 aliphatic rings. The Labute approximate surface area is 231 Å². The number of aryl methyl sites for hydroxylation is 2. The van der Waals surface area contributed by atoms with E-state index in [0.29, 0.717) is 22.6 Å². The van der Waals surface area contributed by atoms with Crippen LogP contribution in [0.2, 0.25) is 0 Å². The Bertz CT molecular complexity index is 1870. The number of halogens is 2. The van der Waals surface area contributed by atoms with E-state index in [1.54, 1.807) is 37.1 Å². The number of carbonyl (C=O) groups excluding carboxylic acids is 2. The zero-order chi connectivity index (χ0) is 29.3. The van der Waals surface area contributed by atoms with Gasteiger partial charge in [-0.2, -0.15) is 5.10 Å². The molecule has 3 aromatic heterocycles. The first-order valence-electron chi connectivity index (χ1n) is 12.1. The van der Waals surface area contributed by atoms with Crippen molar-refractivity contribution in [2.75, 3.05) is 16.4 Å². The number of hydrogen-bond acceptors (Lipinski definition) is 7. The lowest BCUT2D eigenvalue weighted by atomic mass is 10.2. The Hall–Kier alpha value is -5.72. The summed E-state index contributed by atoms with van der Waals surface area (Å²) in [5, 5.41) is 8.93. The molecule has 0 saturated heterocycles. The topological polar surface area (TPSA) is 150 Å². The highest BCUT2D eigenvalue weighted by atomic mass is 19.1. The number of anilines is 3. The molecule has 0 spiro atoms. The molecule has 5 rings (SSSR count). The van der Waals surface area contributed by atoms with E-state index in [9.17, 15) is 23.2 Å². The summed E-state index contributed by atoms with van der Waals surface area (Å²) in [5.41, 5.74) is 6.50. The molecule has 0 radical (unpaired) electrons. The molecule has 0 saturated carbocycles. The van der Waals surface area contributed by atoms with Crippen LogP contribution < -0.4 is 21.9 Å². The van der Waals surface area contributed by atoms with Gasteiger partial charge in [0.2, 0.25) is 0 Å². The number of rotatable bonds is 6. The second-order valence-corrected chi connectivity index (χ2v) is 9.00. The number of hydrogen-bond donors (Lipinski definition) is 3. The highest BCUT2D eigenvalue weighted by Crippen LogP contribution is 2.22. The van der Waals surface area contributed by atoms with Gasteiger partial charge in [0.1, 0.15) is 17.2 Å². The Morgan fingerprint density at radius 2 is 1.71 bits per heavy atom. The molecule has 0 aliphatic carbocycles. The fraction of sp³-hybridized carbons (Fsp3) is 0.0714. The number of amides is 2. The molecule has 3 heterocycles. The van der Waals surface area contributed by atoms with Gasteiger partial charge in [0.25, 0.3) is 17.4 Å². The van der Waals surface area contributed by atoms with E-state index in [4.69, 9.17) is 5.73 Å². The standard InChI is InChI=1S/C28H22F2N8O3/c1-15-3-9-20(28(41)38(15)19-7-4-17(29)5-8-19)26(39)34-18-6-10-22(21(30)11-18)36-27(40)24-25(31)32-13-23(35-24)16-12-33-37(2)14-16/h3-14H,1-2H3,(H2,31,32)(H,34,39)(H,36,40). The highest BCUT2D eigenvalue weighted by Gasteiger charge is 2.19. The second kappa shape index (κ2) is 10.8. The number of aromatic nitrogens is 5. The van der Waals surface area contributed by atoms with Crippen LogP contribution in [0.15, 0.2) is 78.0 Å². The van der Waals surface area contributed by atoms with Gasteiger partial charge in [-0.05, 0) is 61.5 Å². The van der Waals surface area contributed by atoms with E-state index in [2.05, 4.69) is 25.7 Å². The van der Waals surface area contributed by atoms with E-state index in [1.807, 2.05) is 0 Å². The number of pyridine rings is 1. The number of nitrogen functional groups attached to an aromatic ring is 1. The van der Waals surface area contributed by atoms with E-state index in [1.165, 1.54) is 53.2 Å². The summed E-state index contributed by atoms with van der Waals surface area (Å²) < 4.78 is 31.1. The van der Waals surface area contributed by atoms with Gasteiger partial charge >= 0.3 is 0 Å². The van der Waals surface area contributed by atoms with Gasteiger partial charge in [-0.25, -0.2) is 18.7 Å². The molecule has 0 aliphatic heterocycles. The zero-order valence-corrected chi connectivity index (χ0v) is 21.7. The Morgan fingerprint density at radius 1 is 0.951 bits per heavy atom. The van der Waals surface area contributed by atoms with Crippen molar-refractivity contribution in [3.8, 4) is 16.9 Å². The number of nitrogens with one attached hydrogen (secondary N) is 2. The molecule has 41 heavy (non-hydrogen) atoms. The number of nitrogens with zero attached hydrogens (tertiary/aromatic N) is 5. The van der Waals surface area contributed by atoms with Crippen molar-refractivity contribution in [2.24, 2.45) is 7.05 Å². The fourth-order valence-corrected chi connectivity index (χ4v) is 4.05. The molecule has 0 atom stereocenters. The van der Waals surface area contributed by atoms with Gasteiger partial charge in [-0.3, -0.25) is 23.6 Å². The van der Waals surface area contributed by atoms with Crippen LogP contribution in [-0.4, -0.2) is 36.1 Å². The number of nitrogens with two attached hydrogens (primary N) is 1. The molecular formula is C28H22F2N8O3. The average molecular weight is 557 g/mol. The lowest BCUT2D eigenvalue weighted by molar-refractivity contribution is 0.101. The quantitative estimate of drug-likeness (QED) is 0.289. The molecule has 0 fully saturated rings. The molecular weight excluding hydrogens is 534 g/mol. The van der Waals surface area contributed by atoms with Crippen LogP contribution >= 0.6 is 0 Å². The van der Waals surface area contributed by atoms with Crippen molar-refractivity contribution in [3.63, 3.8) is 0 Å². The third kappa shape index (κ3) is 5.54.